The van der Waals surface area contributed by atoms with Crippen LogP contribution in [0.1, 0.15) is 23.3 Å². The standard InChI is InChI=1S/C17H18N4OS/c1-22-11-8-6-10(7-9-11)21-15(18)14-12-4-2-3-5-13(12)23-16(14)20-17(21)19/h6-9,19H,2-5,18H2,1H3. The fourth-order valence-electron chi connectivity index (χ4n) is 3.26. The smallest absolute Gasteiger partial charge is 0.229 e. The highest BCUT2D eigenvalue weighted by Gasteiger charge is 2.21. The van der Waals surface area contributed by atoms with Gasteiger partial charge in [0.2, 0.25) is 5.62 Å². The summed E-state index contributed by atoms with van der Waals surface area (Å²) in [4.78, 5) is 6.78. The summed E-state index contributed by atoms with van der Waals surface area (Å²) in [6.07, 6.45) is 4.59. The van der Waals surface area contributed by atoms with Gasteiger partial charge >= 0.3 is 0 Å². The summed E-state index contributed by atoms with van der Waals surface area (Å²) >= 11 is 1.69. The lowest BCUT2D eigenvalue weighted by atomic mass is 9.97. The lowest BCUT2D eigenvalue weighted by Gasteiger charge is -2.14. The molecule has 0 radical (unpaired) electrons. The Morgan fingerprint density at radius 2 is 1.96 bits per heavy atom. The van der Waals surface area contributed by atoms with E-state index in [4.69, 9.17) is 15.9 Å². The van der Waals surface area contributed by atoms with Crippen LogP contribution in [0.25, 0.3) is 15.9 Å². The van der Waals surface area contributed by atoms with Crippen LogP contribution in [0.5, 0.6) is 5.75 Å². The molecule has 0 aliphatic heterocycles. The monoisotopic (exact) mass is 326 g/mol. The number of aryl methyl sites for hydroxylation is 2. The van der Waals surface area contributed by atoms with Crippen LogP contribution in [0, 0.1) is 5.41 Å². The van der Waals surface area contributed by atoms with Gasteiger partial charge in [0.15, 0.2) is 0 Å². The summed E-state index contributed by atoms with van der Waals surface area (Å²) in [7, 11) is 1.64. The summed E-state index contributed by atoms with van der Waals surface area (Å²) < 4.78 is 6.91. The molecule has 118 valence electrons. The van der Waals surface area contributed by atoms with Gasteiger partial charge in [-0.2, -0.15) is 0 Å². The van der Waals surface area contributed by atoms with E-state index in [1.165, 1.54) is 23.3 Å². The van der Waals surface area contributed by atoms with Crippen LogP contribution < -0.4 is 16.1 Å². The molecular weight excluding hydrogens is 308 g/mol. The van der Waals surface area contributed by atoms with Gasteiger partial charge in [-0.1, -0.05) is 0 Å². The van der Waals surface area contributed by atoms with Crippen LogP contribution in [0.3, 0.4) is 0 Å². The molecule has 6 heteroatoms. The number of anilines is 1. The number of thiophene rings is 1. The SMILES string of the molecule is COc1ccc(-n2c(N)c3c4c(sc3nc2=N)CCCC4)cc1. The van der Waals surface area contributed by atoms with Gasteiger partial charge in [-0.25, -0.2) is 4.98 Å². The molecule has 4 rings (SSSR count). The second-order valence-electron chi connectivity index (χ2n) is 5.75. The van der Waals surface area contributed by atoms with Gasteiger partial charge < -0.3 is 10.5 Å². The van der Waals surface area contributed by atoms with Gasteiger partial charge in [0.05, 0.1) is 18.2 Å². The van der Waals surface area contributed by atoms with Crippen LogP contribution >= 0.6 is 11.3 Å². The molecule has 1 aliphatic rings. The molecule has 0 unspecified atom stereocenters. The van der Waals surface area contributed by atoms with E-state index < -0.39 is 0 Å². The lowest BCUT2D eigenvalue weighted by molar-refractivity contribution is 0.414. The second kappa shape index (κ2) is 5.38. The number of fused-ring (bicyclic) bond motifs is 3. The van der Waals surface area contributed by atoms with Crippen LogP contribution in [0.15, 0.2) is 24.3 Å². The maximum atomic E-state index is 8.29. The molecule has 0 spiro atoms. The molecule has 5 nitrogen and oxygen atoms in total. The minimum absolute atomic E-state index is 0.166. The second-order valence-corrected chi connectivity index (χ2v) is 6.83. The first-order valence-corrected chi connectivity index (χ1v) is 8.52. The van der Waals surface area contributed by atoms with Gasteiger partial charge in [0.1, 0.15) is 16.4 Å². The van der Waals surface area contributed by atoms with Crippen molar-refractivity contribution in [2.75, 3.05) is 12.8 Å². The third kappa shape index (κ3) is 2.21. The van der Waals surface area contributed by atoms with E-state index in [2.05, 4.69) is 4.98 Å². The van der Waals surface area contributed by atoms with E-state index >= 15 is 0 Å². The summed E-state index contributed by atoms with van der Waals surface area (Å²) in [5.41, 5.74) is 8.80. The Hall–Kier alpha value is -2.34. The number of hydrogen-bond donors (Lipinski definition) is 2. The average Bonchev–Trinajstić information content (AvgIpc) is 2.93. The minimum Gasteiger partial charge on any atom is -0.497 e. The van der Waals surface area contributed by atoms with Crippen molar-refractivity contribution in [1.29, 1.82) is 5.41 Å². The van der Waals surface area contributed by atoms with Gasteiger partial charge in [0, 0.05) is 4.88 Å². The van der Waals surface area contributed by atoms with Crippen LogP contribution in [0.2, 0.25) is 0 Å². The van der Waals surface area contributed by atoms with Crippen molar-refractivity contribution < 1.29 is 4.74 Å². The fourth-order valence-corrected chi connectivity index (χ4v) is 4.53. The molecule has 23 heavy (non-hydrogen) atoms. The highest BCUT2D eigenvalue weighted by Crippen LogP contribution is 2.37. The maximum absolute atomic E-state index is 8.29. The Bertz CT molecular complexity index is 940. The maximum Gasteiger partial charge on any atom is 0.229 e. The first-order chi connectivity index (χ1) is 11.2. The average molecular weight is 326 g/mol. The van der Waals surface area contributed by atoms with Crippen LogP contribution in [-0.4, -0.2) is 16.7 Å². The summed E-state index contributed by atoms with van der Waals surface area (Å²) in [6.45, 7) is 0. The Kier molecular flexibility index (Phi) is 3.34. The number of nitrogens with one attached hydrogen (secondary N) is 1. The predicted molar refractivity (Wildman–Crippen MR) is 92.4 cm³/mol. The van der Waals surface area contributed by atoms with Crippen molar-refractivity contribution >= 4 is 27.4 Å². The zero-order valence-electron chi connectivity index (χ0n) is 12.9. The quantitative estimate of drug-likeness (QED) is 0.760. The zero-order valence-corrected chi connectivity index (χ0v) is 13.7. The fraction of sp³-hybridized carbons (Fsp3) is 0.294. The molecular formula is C17H18N4OS. The Balaban J connectivity index is 1.97. The van der Waals surface area contributed by atoms with Gasteiger partial charge in [-0.15, -0.1) is 11.3 Å². The van der Waals surface area contributed by atoms with E-state index in [1.807, 2.05) is 24.3 Å². The van der Waals surface area contributed by atoms with E-state index in [0.29, 0.717) is 5.82 Å². The highest BCUT2D eigenvalue weighted by molar-refractivity contribution is 7.19. The van der Waals surface area contributed by atoms with Gasteiger partial charge in [0.25, 0.3) is 0 Å². The molecule has 0 saturated carbocycles. The first-order valence-electron chi connectivity index (χ1n) is 7.71. The molecule has 3 N–H and O–H groups in total. The van der Waals surface area contributed by atoms with Crippen molar-refractivity contribution in [3.05, 3.63) is 40.3 Å². The first kappa shape index (κ1) is 14.3. The van der Waals surface area contributed by atoms with Crippen molar-refractivity contribution in [2.24, 2.45) is 0 Å². The molecule has 2 heterocycles. The highest BCUT2D eigenvalue weighted by atomic mass is 32.1. The topological polar surface area (TPSA) is 76.9 Å². The molecule has 1 aromatic carbocycles. The van der Waals surface area contributed by atoms with Gasteiger partial charge in [-0.05, 0) is 55.5 Å². The zero-order chi connectivity index (χ0) is 16.0. The number of aromatic nitrogens is 2. The summed E-state index contributed by atoms with van der Waals surface area (Å²) in [5.74, 6) is 1.39. The number of benzene rings is 1. The number of methoxy groups -OCH3 is 1. The number of rotatable bonds is 2. The third-order valence-electron chi connectivity index (χ3n) is 4.40. The van der Waals surface area contributed by atoms with Crippen LogP contribution in [0.4, 0.5) is 5.82 Å². The molecule has 0 saturated heterocycles. The largest absolute Gasteiger partial charge is 0.497 e. The van der Waals surface area contributed by atoms with Crippen molar-refractivity contribution in [2.45, 2.75) is 25.7 Å². The molecule has 0 amide bonds. The normalized spacial score (nSPS) is 14.0. The Morgan fingerprint density at radius 3 is 2.70 bits per heavy atom. The number of hydrogen-bond acceptors (Lipinski definition) is 5. The molecule has 2 aromatic heterocycles. The molecule has 0 atom stereocenters. The van der Waals surface area contributed by atoms with E-state index in [-0.39, 0.29) is 5.62 Å². The van der Waals surface area contributed by atoms with Crippen molar-refractivity contribution in [3.63, 3.8) is 0 Å². The van der Waals surface area contributed by atoms with E-state index in [0.717, 1.165) is 34.5 Å². The predicted octanol–water partition coefficient (Wildman–Crippen LogP) is 3.04. The van der Waals surface area contributed by atoms with Crippen molar-refractivity contribution in [1.82, 2.24) is 9.55 Å². The third-order valence-corrected chi connectivity index (χ3v) is 5.59. The number of ether oxygens (including phenoxy) is 1. The Labute approximate surface area is 137 Å². The number of nitrogens with zero attached hydrogens (tertiary/aromatic N) is 2. The molecule has 0 fully saturated rings. The van der Waals surface area contributed by atoms with Crippen molar-refractivity contribution in [3.8, 4) is 11.4 Å². The van der Waals surface area contributed by atoms with E-state index in [1.54, 1.807) is 23.0 Å². The number of nitrogens with two attached hydrogens (primary N) is 1. The number of nitrogen functional groups attached to an aromatic ring is 1. The minimum atomic E-state index is 0.166. The molecule has 1 aliphatic carbocycles. The van der Waals surface area contributed by atoms with E-state index in [9.17, 15) is 0 Å². The van der Waals surface area contributed by atoms with Gasteiger partial charge in [-0.3, -0.25) is 9.98 Å². The summed E-state index contributed by atoms with van der Waals surface area (Å²) in [6, 6.07) is 7.54. The molecule has 0 bridgehead atoms. The lowest BCUT2D eigenvalue weighted by Crippen LogP contribution is -2.24. The summed E-state index contributed by atoms with van der Waals surface area (Å²) in [5, 5.41) is 9.32. The van der Waals surface area contributed by atoms with Crippen LogP contribution in [-0.2, 0) is 12.8 Å². The molecule has 3 aromatic rings. The Morgan fingerprint density at radius 1 is 1.22 bits per heavy atom.